The Kier molecular flexibility index (Phi) is 3.95. The maximum Gasteiger partial charge on any atom is 0.280 e. The lowest BCUT2D eigenvalue weighted by molar-refractivity contribution is 0.145. The van der Waals surface area contributed by atoms with Gasteiger partial charge < -0.3 is 10.2 Å². The molecule has 24 heavy (non-hydrogen) atoms. The van der Waals surface area contributed by atoms with Gasteiger partial charge in [0, 0.05) is 37.3 Å². The van der Waals surface area contributed by atoms with Gasteiger partial charge >= 0.3 is 0 Å². The van der Waals surface area contributed by atoms with E-state index in [0.717, 1.165) is 31.6 Å². The lowest BCUT2D eigenvalue weighted by atomic mass is 10.2. The van der Waals surface area contributed by atoms with Crippen molar-refractivity contribution in [2.45, 2.75) is 37.6 Å². The van der Waals surface area contributed by atoms with Crippen LogP contribution in [0, 0.1) is 0 Å². The Morgan fingerprint density at radius 3 is 2.79 bits per heavy atom. The van der Waals surface area contributed by atoms with Gasteiger partial charge in [-0.2, -0.15) is 0 Å². The van der Waals surface area contributed by atoms with Gasteiger partial charge in [-0.05, 0) is 25.3 Å². The zero-order valence-corrected chi connectivity index (χ0v) is 13.1. The number of halogens is 2. The first-order valence-electron chi connectivity index (χ1n) is 8.13. The number of aromatic nitrogens is 4. The largest absolute Gasteiger partial charge is 0.365 e. The van der Waals surface area contributed by atoms with Crippen molar-refractivity contribution in [1.29, 1.82) is 0 Å². The first-order chi connectivity index (χ1) is 11.7. The molecule has 1 atom stereocenters. The van der Waals surface area contributed by atoms with E-state index in [9.17, 15) is 8.78 Å². The molecule has 6 nitrogen and oxygen atoms in total. The summed E-state index contributed by atoms with van der Waals surface area (Å²) < 4.78 is 26.3. The van der Waals surface area contributed by atoms with Crippen LogP contribution in [0.15, 0.2) is 24.7 Å². The average Bonchev–Trinajstić information content (AvgIpc) is 3.35. The molecule has 0 spiro atoms. The lowest BCUT2D eigenvalue weighted by Gasteiger charge is -2.19. The van der Waals surface area contributed by atoms with Crippen LogP contribution in [-0.4, -0.2) is 39.1 Å². The molecule has 0 aromatic carbocycles. The minimum absolute atomic E-state index is 0.172. The number of rotatable bonds is 5. The monoisotopic (exact) mass is 332 g/mol. The SMILES string of the molecule is FC(F)c1cc(N2CCC(Nc3ccncn3)C2)nc(C2CC2)n1. The Bertz CT molecular complexity index is 687. The Morgan fingerprint density at radius 1 is 1.21 bits per heavy atom. The molecule has 0 bridgehead atoms. The predicted octanol–water partition coefficient (Wildman–Crippen LogP) is 2.77. The summed E-state index contributed by atoms with van der Waals surface area (Å²) in [4.78, 5) is 18.7. The second-order valence-electron chi connectivity index (χ2n) is 6.25. The molecule has 0 amide bonds. The minimum Gasteiger partial charge on any atom is -0.365 e. The quantitative estimate of drug-likeness (QED) is 0.908. The molecule has 3 heterocycles. The normalized spacial score (nSPS) is 20.6. The van der Waals surface area contributed by atoms with Crippen molar-refractivity contribution < 1.29 is 8.78 Å². The van der Waals surface area contributed by atoms with E-state index in [1.54, 1.807) is 6.20 Å². The van der Waals surface area contributed by atoms with Gasteiger partial charge in [0.2, 0.25) is 0 Å². The zero-order chi connectivity index (χ0) is 16.5. The van der Waals surface area contributed by atoms with Gasteiger partial charge in [0.05, 0.1) is 0 Å². The molecule has 2 fully saturated rings. The van der Waals surface area contributed by atoms with Crippen LogP contribution in [0.4, 0.5) is 20.4 Å². The first-order valence-corrected chi connectivity index (χ1v) is 8.13. The highest BCUT2D eigenvalue weighted by Gasteiger charge is 2.30. The van der Waals surface area contributed by atoms with Gasteiger partial charge in [-0.3, -0.25) is 0 Å². The molecule has 2 aliphatic rings. The molecule has 4 rings (SSSR count). The van der Waals surface area contributed by atoms with E-state index in [1.807, 2.05) is 11.0 Å². The third-order valence-corrected chi connectivity index (χ3v) is 4.36. The highest BCUT2D eigenvalue weighted by Crippen LogP contribution is 2.39. The van der Waals surface area contributed by atoms with Crippen molar-refractivity contribution in [2.75, 3.05) is 23.3 Å². The third kappa shape index (κ3) is 3.27. The average molecular weight is 332 g/mol. The highest BCUT2D eigenvalue weighted by molar-refractivity contribution is 5.44. The molecule has 1 saturated heterocycles. The van der Waals surface area contributed by atoms with Gasteiger partial charge in [-0.25, -0.2) is 28.7 Å². The van der Waals surface area contributed by atoms with E-state index in [2.05, 4.69) is 25.3 Å². The molecule has 1 aliphatic heterocycles. The predicted molar refractivity (Wildman–Crippen MR) is 85.2 cm³/mol. The molecule has 2 aromatic rings. The van der Waals surface area contributed by atoms with Gasteiger partial charge in [-0.15, -0.1) is 0 Å². The van der Waals surface area contributed by atoms with Crippen LogP contribution < -0.4 is 10.2 Å². The number of anilines is 2. The summed E-state index contributed by atoms with van der Waals surface area (Å²) in [7, 11) is 0. The topological polar surface area (TPSA) is 66.8 Å². The molecule has 1 aliphatic carbocycles. The van der Waals surface area contributed by atoms with Crippen molar-refractivity contribution in [2.24, 2.45) is 0 Å². The summed E-state index contributed by atoms with van der Waals surface area (Å²) >= 11 is 0. The lowest BCUT2D eigenvalue weighted by Crippen LogP contribution is -2.27. The maximum absolute atomic E-state index is 13.1. The molecular formula is C16H18F2N6. The van der Waals surface area contributed by atoms with Crippen LogP contribution in [0.2, 0.25) is 0 Å². The molecular weight excluding hydrogens is 314 g/mol. The molecule has 0 radical (unpaired) electrons. The third-order valence-electron chi connectivity index (χ3n) is 4.36. The molecule has 1 saturated carbocycles. The number of hydrogen-bond donors (Lipinski definition) is 1. The summed E-state index contributed by atoms with van der Waals surface area (Å²) in [6.45, 7) is 1.47. The van der Waals surface area contributed by atoms with Crippen molar-refractivity contribution in [1.82, 2.24) is 19.9 Å². The smallest absolute Gasteiger partial charge is 0.280 e. The van der Waals surface area contributed by atoms with Crippen LogP contribution in [0.1, 0.15) is 43.1 Å². The molecule has 1 unspecified atom stereocenters. The number of nitrogens with zero attached hydrogens (tertiary/aromatic N) is 5. The van der Waals surface area contributed by atoms with Crippen molar-refractivity contribution >= 4 is 11.6 Å². The number of nitrogens with one attached hydrogen (secondary N) is 1. The zero-order valence-electron chi connectivity index (χ0n) is 13.1. The minimum atomic E-state index is -2.57. The Hall–Kier alpha value is -2.38. The standard InChI is InChI=1S/C16H18F2N6/c17-15(18)12-7-14(23-16(22-12)10-1-2-10)24-6-4-11(8-24)21-13-3-5-19-9-20-13/h3,5,7,9-11,15H,1-2,4,6,8H2,(H,19,20,21). The van der Waals surface area contributed by atoms with Crippen LogP contribution in [-0.2, 0) is 0 Å². The van der Waals surface area contributed by atoms with Crippen molar-refractivity contribution in [3.8, 4) is 0 Å². The first kappa shape index (κ1) is 15.2. The fraction of sp³-hybridized carbons (Fsp3) is 0.500. The summed E-state index contributed by atoms with van der Waals surface area (Å²) in [5, 5.41) is 3.34. The second kappa shape index (κ2) is 6.26. The van der Waals surface area contributed by atoms with E-state index in [4.69, 9.17) is 0 Å². The van der Waals surface area contributed by atoms with Gasteiger partial charge in [0.1, 0.15) is 29.5 Å². The summed E-state index contributed by atoms with van der Waals surface area (Å²) in [6, 6.07) is 3.44. The van der Waals surface area contributed by atoms with E-state index in [-0.39, 0.29) is 17.7 Å². The molecule has 1 N–H and O–H groups in total. The van der Waals surface area contributed by atoms with Crippen LogP contribution in [0.25, 0.3) is 0 Å². The van der Waals surface area contributed by atoms with Crippen molar-refractivity contribution in [3.63, 3.8) is 0 Å². The van der Waals surface area contributed by atoms with Crippen LogP contribution >= 0.6 is 0 Å². The molecule has 126 valence electrons. The van der Waals surface area contributed by atoms with Gasteiger partial charge in [-0.1, -0.05) is 0 Å². The molecule has 2 aromatic heterocycles. The summed E-state index contributed by atoms with van der Waals surface area (Å²) in [5.74, 6) is 2.19. The van der Waals surface area contributed by atoms with Gasteiger partial charge in [0.15, 0.2) is 0 Å². The second-order valence-corrected chi connectivity index (χ2v) is 6.25. The summed E-state index contributed by atoms with van der Waals surface area (Å²) in [6.07, 6.45) is 3.49. The number of hydrogen-bond acceptors (Lipinski definition) is 6. The van der Waals surface area contributed by atoms with Gasteiger partial charge in [0.25, 0.3) is 6.43 Å². The van der Waals surface area contributed by atoms with Crippen LogP contribution in [0.3, 0.4) is 0 Å². The van der Waals surface area contributed by atoms with E-state index < -0.39 is 6.43 Å². The van der Waals surface area contributed by atoms with E-state index >= 15 is 0 Å². The maximum atomic E-state index is 13.1. The Balaban J connectivity index is 1.50. The highest BCUT2D eigenvalue weighted by atomic mass is 19.3. The van der Waals surface area contributed by atoms with Crippen molar-refractivity contribution in [3.05, 3.63) is 36.2 Å². The summed E-state index contributed by atoms with van der Waals surface area (Å²) in [5.41, 5.74) is -0.172. The molecule has 8 heteroatoms. The fourth-order valence-corrected chi connectivity index (χ4v) is 2.94. The van der Waals surface area contributed by atoms with E-state index in [0.29, 0.717) is 18.2 Å². The Labute approximate surface area is 138 Å². The van der Waals surface area contributed by atoms with E-state index in [1.165, 1.54) is 12.4 Å². The van der Waals surface area contributed by atoms with Crippen LogP contribution in [0.5, 0.6) is 0 Å². The fourth-order valence-electron chi connectivity index (χ4n) is 2.94. The Morgan fingerprint density at radius 2 is 2.08 bits per heavy atom. The number of alkyl halides is 2.